The first-order valence-electron chi connectivity index (χ1n) is 7.82. The van der Waals surface area contributed by atoms with Gasteiger partial charge < -0.3 is 15.5 Å². The smallest absolute Gasteiger partial charge is 0.191 e. The number of likely N-dealkylation sites (tertiary alicyclic amines) is 1. The van der Waals surface area contributed by atoms with E-state index in [-0.39, 0.29) is 0 Å². The van der Waals surface area contributed by atoms with E-state index in [0.717, 1.165) is 25.6 Å². The highest BCUT2D eigenvalue weighted by atomic mass is 15.3. The minimum atomic E-state index is 0.667. The first-order chi connectivity index (χ1) is 10.0. The number of piperidine rings is 1. The van der Waals surface area contributed by atoms with Crippen LogP contribution in [0.1, 0.15) is 30.9 Å². The summed E-state index contributed by atoms with van der Waals surface area (Å²) in [6.45, 7) is 6.02. The Kier molecular flexibility index (Phi) is 5.62. The average Bonchev–Trinajstić information content (AvgIpc) is 2.46. The van der Waals surface area contributed by atoms with E-state index < -0.39 is 0 Å². The van der Waals surface area contributed by atoms with Gasteiger partial charge in [-0.15, -0.1) is 0 Å². The van der Waals surface area contributed by atoms with Crippen molar-refractivity contribution in [3.8, 4) is 0 Å². The fourth-order valence-corrected chi connectivity index (χ4v) is 2.63. The molecule has 1 saturated heterocycles. The maximum Gasteiger partial charge on any atom is 0.191 e. The molecule has 0 bridgehead atoms. The molecule has 0 aliphatic carbocycles. The second-order valence-electron chi connectivity index (χ2n) is 6.40. The molecule has 1 aliphatic rings. The summed E-state index contributed by atoms with van der Waals surface area (Å²) in [5.74, 6) is 1.51. The van der Waals surface area contributed by atoms with Crippen LogP contribution in [0.15, 0.2) is 29.3 Å². The number of guanidine groups is 1. The largest absolute Gasteiger partial charge is 0.370 e. The van der Waals surface area contributed by atoms with Gasteiger partial charge in [-0.2, -0.15) is 0 Å². The van der Waals surface area contributed by atoms with Crippen molar-refractivity contribution in [2.45, 2.75) is 32.9 Å². The predicted octanol–water partition coefficient (Wildman–Crippen LogP) is 2.29. The second-order valence-corrected chi connectivity index (χ2v) is 6.40. The highest BCUT2D eigenvalue weighted by Crippen LogP contribution is 2.15. The summed E-state index contributed by atoms with van der Waals surface area (Å²) in [7, 11) is 4.16. The Hall–Kier alpha value is -1.55. The molecule has 1 fully saturated rings. The number of hydrogen-bond acceptors (Lipinski definition) is 2. The van der Waals surface area contributed by atoms with Crippen molar-refractivity contribution >= 4 is 5.96 Å². The SMILES string of the molecule is CC1CCN(C(N)=NCc2ccc(CN(C)C)cc2)CC1. The first kappa shape index (κ1) is 15.8. The Morgan fingerprint density at radius 1 is 1.19 bits per heavy atom. The summed E-state index contributed by atoms with van der Waals surface area (Å²) in [4.78, 5) is 8.92. The molecular formula is C17H28N4. The van der Waals surface area contributed by atoms with Gasteiger partial charge in [0, 0.05) is 19.6 Å². The van der Waals surface area contributed by atoms with Gasteiger partial charge in [0.15, 0.2) is 5.96 Å². The third kappa shape index (κ3) is 5.05. The highest BCUT2D eigenvalue weighted by Gasteiger charge is 2.16. The maximum atomic E-state index is 6.11. The highest BCUT2D eigenvalue weighted by molar-refractivity contribution is 5.78. The zero-order valence-electron chi connectivity index (χ0n) is 13.5. The lowest BCUT2D eigenvalue weighted by Gasteiger charge is -2.31. The van der Waals surface area contributed by atoms with Crippen LogP contribution in [0.5, 0.6) is 0 Å². The monoisotopic (exact) mass is 288 g/mol. The number of hydrogen-bond donors (Lipinski definition) is 1. The second kappa shape index (κ2) is 7.46. The Labute approximate surface area is 128 Å². The van der Waals surface area contributed by atoms with Gasteiger partial charge in [-0.3, -0.25) is 0 Å². The Balaban J connectivity index is 1.87. The zero-order chi connectivity index (χ0) is 15.2. The molecule has 1 aromatic carbocycles. The van der Waals surface area contributed by atoms with E-state index in [1.165, 1.54) is 24.0 Å². The Morgan fingerprint density at radius 2 is 1.76 bits per heavy atom. The lowest BCUT2D eigenvalue weighted by atomic mass is 10.00. The molecule has 1 aliphatic heterocycles. The van der Waals surface area contributed by atoms with Crippen LogP contribution < -0.4 is 5.73 Å². The van der Waals surface area contributed by atoms with E-state index in [4.69, 9.17) is 5.73 Å². The fourth-order valence-electron chi connectivity index (χ4n) is 2.63. The van der Waals surface area contributed by atoms with Crippen LogP contribution >= 0.6 is 0 Å². The van der Waals surface area contributed by atoms with E-state index in [1.807, 2.05) is 0 Å². The molecule has 0 radical (unpaired) electrons. The molecule has 1 heterocycles. The molecule has 0 amide bonds. The quantitative estimate of drug-likeness (QED) is 0.683. The third-order valence-electron chi connectivity index (χ3n) is 4.05. The minimum Gasteiger partial charge on any atom is -0.370 e. The summed E-state index contributed by atoms with van der Waals surface area (Å²) >= 11 is 0. The van der Waals surface area contributed by atoms with Gasteiger partial charge in [-0.05, 0) is 44.0 Å². The number of benzene rings is 1. The van der Waals surface area contributed by atoms with Crippen LogP contribution in [-0.4, -0.2) is 42.9 Å². The van der Waals surface area contributed by atoms with Crippen molar-refractivity contribution in [2.24, 2.45) is 16.6 Å². The fraction of sp³-hybridized carbons (Fsp3) is 0.588. The molecule has 0 unspecified atom stereocenters. The molecule has 2 N–H and O–H groups in total. The summed E-state index contributed by atoms with van der Waals surface area (Å²) in [5.41, 5.74) is 8.65. The van der Waals surface area contributed by atoms with Gasteiger partial charge in [0.25, 0.3) is 0 Å². The molecular weight excluding hydrogens is 260 g/mol. The van der Waals surface area contributed by atoms with Gasteiger partial charge in [0.2, 0.25) is 0 Å². The molecule has 116 valence electrons. The van der Waals surface area contributed by atoms with E-state index in [9.17, 15) is 0 Å². The number of nitrogens with zero attached hydrogens (tertiary/aromatic N) is 3. The topological polar surface area (TPSA) is 44.9 Å². The van der Waals surface area contributed by atoms with Crippen LogP contribution in [0.2, 0.25) is 0 Å². The molecule has 0 aromatic heterocycles. The van der Waals surface area contributed by atoms with Crippen molar-refractivity contribution in [3.05, 3.63) is 35.4 Å². The van der Waals surface area contributed by atoms with Crippen LogP contribution in [0.4, 0.5) is 0 Å². The minimum absolute atomic E-state index is 0.667. The predicted molar refractivity (Wildman–Crippen MR) is 89.1 cm³/mol. The molecule has 0 saturated carbocycles. The molecule has 4 nitrogen and oxygen atoms in total. The summed E-state index contributed by atoms with van der Waals surface area (Å²) < 4.78 is 0. The van der Waals surface area contributed by atoms with Crippen molar-refractivity contribution in [1.29, 1.82) is 0 Å². The van der Waals surface area contributed by atoms with E-state index in [0.29, 0.717) is 12.5 Å². The lowest BCUT2D eigenvalue weighted by molar-refractivity contribution is 0.277. The maximum absolute atomic E-state index is 6.11. The normalized spacial score (nSPS) is 17.5. The number of nitrogens with two attached hydrogens (primary N) is 1. The van der Waals surface area contributed by atoms with Crippen molar-refractivity contribution in [1.82, 2.24) is 9.80 Å². The zero-order valence-corrected chi connectivity index (χ0v) is 13.5. The molecule has 0 atom stereocenters. The molecule has 0 spiro atoms. The Morgan fingerprint density at radius 3 is 2.33 bits per heavy atom. The van der Waals surface area contributed by atoms with Crippen LogP contribution in [-0.2, 0) is 13.1 Å². The number of rotatable bonds is 4. The Bertz CT molecular complexity index is 456. The van der Waals surface area contributed by atoms with Crippen LogP contribution in [0, 0.1) is 5.92 Å². The van der Waals surface area contributed by atoms with Crippen LogP contribution in [0.25, 0.3) is 0 Å². The summed E-state index contributed by atoms with van der Waals surface area (Å²) in [6, 6.07) is 8.63. The van der Waals surface area contributed by atoms with Gasteiger partial charge >= 0.3 is 0 Å². The van der Waals surface area contributed by atoms with E-state index in [1.54, 1.807) is 0 Å². The summed E-state index contributed by atoms with van der Waals surface area (Å²) in [6.07, 6.45) is 2.44. The van der Waals surface area contributed by atoms with Crippen LogP contribution in [0.3, 0.4) is 0 Å². The van der Waals surface area contributed by atoms with Crippen molar-refractivity contribution < 1.29 is 0 Å². The van der Waals surface area contributed by atoms with Gasteiger partial charge in [-0.25, -0.2) is 4.99 Å². The molecule has 21 heavy (non-hydrogen) atoms. The first-order valence-corrected chi connectivity index (χ1v) is 7.82. The van der Waals surface area contributed by atoms with Crippen molar-refractivity contribution in [3.63, 3.8) is 0 Å². The average molecular weight is 288 g/mol. The molecule has 1 aromatic rings. The number of aliphatic imine (C=N–C) groups is 1. The van der Waals surface area contributed by atoms with Gasteiger partial charge in [-0.1, -0.05) is 31.2 Å². The van der Waals surface area contributed by atoms with Gasteiger partial charge in [0.1, 0.15) is 0 Å². The van der Waals surface area contributed by atoms with Crippen molar-refractivity contribution in [2.75, 3.05) is 27.2 Å². The lowest BCUT2D eigenvalue weighted by Crippen LogP contribution is -2.42. The van der Waals surface area contributed by atoms with E-state index in [2.05, 4.69) is 60.1 Å². The molecule has 4 heteroatoms. The molecule has 2 rings (SSSR count). The standard InChI is InChI=1S/C17H28N4/c1-14-8-10-21(11-9-14)17(18)19-12-15-4-6-16(7-5-15)13-20(2)3/h4-7,14H,8-13H2,1-3H3,(H2,18,19). The van der Waals surface area contributed by atoms with Gasteiger partial charge in [0.05, 0.1) is 6.54 Å². The summed E-state index contributed by atoms with van der Waals surface area (Å²) in [5, 5.41) is 0. The third-order valence-corrected chi connectivity index (χ3v) is 4.05. The van der Waals surface area contributed by atoms with E-state index >= 15 is 0 Å².